The maximum atomic E-state index is 13.4. The van der Waals surface area contributed by atoms with Gasteiger partial charge in [-0.25, -0.2) is 4.79 Å². The number of benzene rings is 1. The summed E-state index contributed by atoms with van der Waals surface area (Å²) in [6, 6.07) is 6.63. The van der Waals surface area contributed by atoms with E-state index in [1.54, 1.807) is 24.3 Å². The van der Waals surface area contributed by atoms with Crippen LogP contribution in [0.25, 0.3) is 0 Å². The van der Waals surface area contributed by atoms with Crippen LogP contribution >= 0.6 is 15.9 Å². The van der Waals surface area contributed by atoms with E-state index in [1.807, 2.05) is 13.0 Å². The van der Waals surface area contributed by atoms with Crippen molar-refractivity contribution in [3.8, 4) is 0 Å². The number of aliphatic hydroxyl groups excluding tert-OH is 1. The molecule has 1 aromatic carbocycles. The number of carbonyl (C=O) groups is 3. The fraction of sp³-hybridized carbons (Fsp3) is 0.621. The highest BCUT2D eigenvalue weighted by molar-refractivity contribution is 9.10. The Morgan fingerprint density at radius 3 is 2.68 bits per heavy atom. The first-order chi connectivity index (χ1) is 17.4. The fourth-order valence-electron chi connectivity index (χ4n) is 7.60. The number of ketones is 1. The summed E-state index contributed by atoms with van der Waals surface area (Å²) in [5, 5.41) is 16.9. The molecular weight excluding hydrogens is 536 g/mol. The Bertz CT molecular complexity index is 1090. The van der Waals surface area contributed by atoms with Gasteiger partial charge in [-0.1, -0.05) is 55.8 Å². The van der Waals surface area contributed by atoms with E-state index in [9.17, 15) is 19.5 Å². The minimum absolute atomic E-state index is 0.0844. The van der Waals surface area contributed by atoms with Crippen molar-refractivity contribution in [1.29, 1.82) is 0 Å². The standard InChI is InChI=1S/C29H39BrN2O5/c1-6-27(4)15-22(37-23(34)16-31-26(36)32-20-9-7-8-19(30)14-20)28(5)17(2)10-12-29(18(3)25(27)35)13-11-21(33)24(28)29/h6-9,14,17-18,22,24-25,35H,1,10-13,15-16H2,2-5H3,(H2,31,32,36)/t17-,18+,22-,24+,25+,27-,28+,29+/m1/s1. The van der Waals surface area contributed by atoms with Crippen LogP contribution < -0.4 is 10.6 Å². The molecule has 7 nitrogen and oxygen atoms in total. The Morgan fingerprint density at radius 2 is 2.00 bits per heavy atom. The molecule has 3 saturated carbocycles. The van der Waals surface area contributed by atoms with Gasteiger partial charge in [0.1, 0.15) is 18.4 Å². The number of aliphatic hydroxyl groups is 1. The minimum Gasteiger partial charge on any atom is -0.460 e. The molecule has 0 radical (unpaired) electrons. The summed E-state index contributed by atoms with van der Waals surface area (Å²) in [6.45, 7) is 12.0. The highest BCUT2D eigenvalue weighted by atomic mass is 79.9. The van der Waals surface area contributed by atoms with Crippen molar-refractivity contribution in [3.05, 3.63) is 41.4 Å². The summed E-state index contributed by atoms with van der Waals surface area (Å²) in [5.74, 6) is -0.580. The molecule has 1 aromatic rings. The topological polar surface area (TPSA) is 105 Å². The first-order valence-corrected chi connectivity index (χ1v) is 14.0. The van der Waals surface area contributed by atoms with Gasteiger partial charge in [0.25, 0.3) is 0 Å². The number of esters is 1. The molecule has 3 aliphatic rings. The van der Waals surface area contributed by atoms with Gasteiger partial charge in [0.05, 0.1) is 6.10 Å². The third-order valence-corrected chi connectivity index (χ3v) is 10.5. The molecule has 0 saturated heterocycles. The Hall–Kier alpha value is -2.19. The van der Waals surface area contributed by atoms with Crippen LogP contribution in [-0.4, -0.2) is 41.6 Å². The molecule has 2 amide bonds. The second-order valence-electron chi connectivity index (χ2n) is 11.9. The van der Waals surface area contributed by atoms with Crippen LogP contribution in [0.15, 0.2) is 41.4 Å². The fourth-order valence-corrected chi connectivity index (χ4v) is 7.99. The van der Waals surface area contributed by atoms with Crippen molar-refractivity contribution in [2.45, 2.75) is 72.0 Å². The zero-order valence-corrected chi connectivity index (χ0v) is 23.8. The van der Waals surface area contributed by atoms with Crippen LogP contribution in [-0.2, 0) is 14.3 Å². The second kappa shape index (κ2) is 10.2. The summed E-state index contributed by atoms with van der Waals surface area (Å²) in [5.41, 5.74) is -1.02. The predicted molar refractivity (Wildman–Crippen MR) is 146 cm³/mol. The summed E-state index contributed by atoms with van der Waals surface area (Å²) in [4.78, 5) is 38.9. The van der Waals surface area contributed by atoms with Crippen molar-refractivity contribution >= 4 is 39.4 Å². The number of rotatable bonds is 5. The monoisotopic (exact) mass is 574 g/mol. The van der Waals surface area contributed by atoms with Gasteiger partial charge in [0.15, 0.2) is 0 Å². The van der Waals surface area contributed by atoms with E-state index < -0.39 is 35.0 Å². The maximum Gasteiger partial charge on any atom is 0.325 e. The number of Topliss-reactive ketones (excluding diaryl/α,β-unsaturated/α-hetero) is 1. The molecular formula is C29H39BrN2O5. The molecule has 3 aliphatic carbocycles. The van der Waals surface area contributed by atoms with Crippen molar-refractivity contribution < 1.29 is 24.2 Å². The summed E-state index contributed by atoms with van der Waals surface area (Å²) in [7, 11) is 0. The van der Waals surface area contributed by atoms with Crippen LogP contribution in [0.5, 0.6) is 0 Å². The van der Waals surface area contributed by atoms with Gasteiger partial charge in [-0.3, -0.25) is 9.59 Å². The number of ether oxygens (including phenoxy) is 1. The van der Waals surface area contributed by atoms with Crippen molar-refractivity contribution in [3.63, 3.8) is 0 Å². The van der Waals surface area contributed by atoms with Crippen LogP contribution in [0.2, 0.25) is 0 Å². The Morgan fingerprint density at radius 1 is 1.27 bits per heavy atom. The smallest absolute Gasteiger partial charge is 0.325 e. The molecule has 8 atom stereocenters. The average molecular weight is 576 g/mol. The van der Waals surface area contributed by atoms with Gasteiger partial charge in [-0.2, -0.15) is 0 Å². The minimum atomic E-state index is -0.716. The number of anilines is 1. The number of nitrogens with one attached hydrogen (secondary N) is 2. The molecule has 4 rings (SSSR count). The van der Waals surface area contributed by atoms with E-state index >= 15 is 0 Å². The molecule has 3 N–H and O–H groups in total. The molecule has 0 spiro atoms. The number of carbonyl (C=O) groups excluding carboxylic acids is 3. The normalized spacial score (nSPS) is 39.1. The largest absolute Gasteiger partial charge is 0.460 e. The Balaban J connectivity index is 1.58. The quantitative estimate of drug-likeness (QED) is 0.319. The third-order valence-electron chi connectivity index (χ3n) is 10.1. The SMILES string of the molecule is C=C[C@]1(C)C[C@@H](OC(=O)CNC(=O)Nc2cccc(Br)c2)[C@]2(C)[C@H](C)CC[C@]3(CCC(=O)[C@H]32)[C@@H](C)[C@@H]1O. The number of hydrogen-bond donors (Lipinski definition) is 3. The van der Waals surface area contributed by atoms with Crippen molar-refractivity contribution in [1.82, 2.24) is 5.32 Å². The highest BCUT2D eigenvalue weighted by Gasteiger charge is 2.68. The third kappa shape index (κ3) is 4.76. The van der Waals surface area contributed by atoms with E-state index in [-0.39, 0.29) is 35.5 Å². The number of halogens is 1. The van der Waals surface area contributed by atoms with Gasteiger partial charge in [0.2, 0.25) is 0 Å². The first kappa shape index (κ1) is 27.8. The highest BCUT2D eigenvalue weighted by Crippen LogP contribution is 2.67. The van der Waals surface area contributed by atoms with E-state index in [2.05, 4.69) is 53.9 Å². The summed E-state index contributed by atoms with van der Waals surface area (Å²) >= 11 is 3.36. The van der Waals surface area contributed by atoms with E-state index in [1.165, 1.54) is 0 Å². The summed E-state index contributed by atoms with van der Waals surface area (Å²) in [6.07, 6.45) is 3.84. The molecule has 202 valence electrons. The molecule has 0 aliphatic heterocycles. The first-order valence-electron chi connectivity index (χ1n) is 13.2. The van der Waals surface area contributed by atoms with Gasteiger partial charge in [0, 0.05) is 33.3 Å². The zero-order valence-electron chi connectivity index (χ0n) is 22.2. The van der Waals surface area contributed by atoms with E-state index in [0.717, 1.165) is 23.7 Å². The Kier molecular flexibility index (Phi) is 7.65. The maximum absolute atomic E-state index is 13.4. The number of amides is 2. The van der Waals surface area contributed by atoms with Crippen LogP contribution in [0.1, 0.15) is 59.8 Å². The van der Waals surface area contributed by atoms with Crippen LogP contribution in [0.4, 0.5) is 10.5 Å². The van der Waals surface area contributed by atoms with Crippen LogP contribution in [0.3, 0.4) is 0 Å². The van der Waals surface area contributed by atoms with Crippen LogP contribution in [0, 0.1) is 34.0 Å². The Labute approximate surface area is 227 Å². The predicted octanol–water partition coefficient (Wildman–Crippen LogP) is 5.48. The average Bonchev–Trinajstić information content (AvgIpc) is 3.21. The molecule has 8 heteroatoms. The lowest BCUT2D eigenvalue weighted by atomic mass is 9.44. The second-order valence-corrected chi connectivity index (χ2v) is 12.8. The van der Waals surface area contributed by atoms with Gasteiger partial charge >= 0.3 is 12.0 Å². The van der Waals surface area contributed by atoms with Gasteiger partial charge in [-0.05, 0) is 61.1 Å². The van der Waals surface area contributed by atoms with E-state index in [0.29, 0.717) is 18.5 Å². The van der Waals surface area contributed by atoms with Gasteiger partial charge in [-0.15, -0.1) is 6.58 Å². The molecule has 3 fully saturated rings. The summed E-state index contributed by atoms with van der Waals surface area (Å²) < 4.78 is 6.96. The van der Waals surface area contributed by atoms with E-state index in [4.69, 9.17) is 4.74 Å². The molecule has 2 bridgehead atoms. The lowest BCUT2D eigenvalue weighted by molar-refractivity contribution is -0.206. The number of urea groups is 1. The number of hydrogen-bond acceptors (Lipinski definition) is 5. The van der Waals surface area contributed by atoms with Crippen molar-refractivity contribution in [2.24, 2.45) is 34.0 Å². The zero-order chi connectivity index (χ0) is 27.2. The molecule has 0 heterocycles. The van der Waals surface area contributed by atoms with Gasteiger partial charge < -0.3 is 20.5 Å². The molecule has 0 aromatic heterocycles. The lowest BCUT2D eigenvalue weighted by Gasteiger charge is -2.61. The molecule has 37 heavy (non-hydrogen) atoms. The van der Waals surface area contributed by atoms with Crippen molar-refractivity contribution in [2.75, 3.05) is 11.9 Å². The molecule has 0 unspecified atom stereocenters. The lowest BCUT2D eigenvalue weighted by Crippen LogP contribution is -2.63.